The molecule has 0 fully saturated rings. The second-order valence-corrected chi connectivity index (χ2v) is 3.31. The normalized spacial score (nSPS) is 14.9. The first-order valence-corrected chi connectivity index (χ1v) is 4.58. The van der Waals surface area contributed by atoms with Gasteiger partial charge in [0, 0.05) is 7.11 Å². The van der Waals surface area contributed by atoms with Crippen LogP contribution >= 0.6 is 0 Å². The van der Waals surface area contributed by atoms with E-state index in [0.717, 1.165) is 0 Å². The fourth-order valence-electron chi connectivity index (χ4n) is 1.23. The Kier molecular flexibility index (Phi) is 3.73. The average Bonchev–Trinajstić information content (AvgIpc) is 2.63. The summed E-state index contributed by atoms with van der Waals surface area (Å²) < 4.78 is 6.55. The molecule has 0 amide bonds. The largest absolute Gasteiger partial charge is 0.481 e. The molecule has 2 atom stereocenters. The molecule has 0 bridgehead atoms. The Balaban J connectivity index is 2.84. The SMILES string of the molecule is COC(C)c1nnnn1C(C)CC(=O)O. The Morgan fingerprint density at radius 2 is 2.27 bits per heavy atom. The fraction of sp³-hybridized carbons (Fsp3) is 0.750. The van der Waals surface area contributed by atoms with E-state index in [1.165, 1.54) is 4.68 Å². The van der Waals surface area contributed by atoms with E-state index in [0.29, 0.717) is 5.82 Å². The van der Waals surface area contributed by atoms with E-state index in [9.17, 15) is 4.79 Å². The molecular formula is C8H14N4O3. The molecule has 15 heavy (non-hydrogen) atoms. The minimum atomic E-state index is -0.881. The Bertz CT molecular complexity index is 338. The summed E-state index contributed by atoms with van der Waals surface area (Å²) in [6, 6.07) is -0.287. The third kappa shape index (κ3) is 2.72. The van der Waals surface area contributed by atoms with Gasteiger partial charge in [-0.3, -0.25) is 4.79 Å². The number of methoxy groups -OCH3 is 1. The van der Waals surface area contributed by atoms with E-state index in [1.54, 1.807) is 21.0 Å². The number of rotatable bonds is 5. The second-order valence-electron chi connectivity index (χ2n) is 3.31. The molecule has 7 heteroatoms. The highest BCUT2D eigenvalue weighted by molar-refractivity contribution is 5.67. The van der Waals surface area contributed by atoms with Crippen LogP contribution in [0.1, 0.15) is 38.2 Å². The zero-order valence-corrected chi connectivity index (χ0v) is 8.91. The number of carboxylic acid groups (broad SMARTS) is 1. The van der Waals surface area contributed by atoms with Crippen LogP contribution in [0, 0.1) is 0 Å². The summed E-state index contributed by atoms with van der Waals surface area (Å²) in [5, 5.41) is 19.7. The van der Waals surface area contributed by atoms with E-state index in [2.05, 4.69) is 15.5 Å². The van der Waals surface area contributed by atoms with Crippen LogP contribution in [0.25, 0.3) is 0 Å². The number of hydrogen-bond acceptors (Lipinski definition) is 5. The van der Waals surface area contributed by atoms with Crippen LogP contribution in [0.15, 0.2) is 0 Å². The molecule has 0 spiro atoms. The third-order valence-electron chi connectivity index (χ3n) is 2.12. The standard InChI is InChI=1S/C8H14N4O3/c1-5(4-7(13)14)12-8(6(2)15-3)9-10-11-12/h5-6H,4H2,1-3H3,(H,13,14). The van der Waals surface area contributed by atoms with Crippen molar-refractivity contribution in [3.63, 3.8) is 0 Å². The van der Waals surface area contributed by atoms with Crippen LogP contribution in [0.4, 0.5) is 0 Å². The molecule has 1 aromatic rings. The van der Waals surface area contributed by atoms with Gasteiger partial charge in [0.15, 0.2) is 5.82 Å². The molecule has 0 aliphatic carbocycles. The van der Waals surface area contributed by atoms with Crippen molar-refractivity contribution in [2.24, 2.45) is 0 Å². The molecule has 1 aromatic heterocycles. The third-order valence-corrected chi connectivity index (χ3v) is 2.12. The van der Waals surface area contributed by atoms with Gasteiger partial charge in [-0.25, -0.2) is 4.68 Å². The van der Waals surface area contributed by atoms with Gasteiger partial charge < -0.3 is 9.84 Å². The lowest BCUT2D eigenvalue weighted by Crippen LogP contribution is -2.16. The average molecular weight is 214 g/mol. The summed E-state index contributed by atoms with van der Waals surface area (Å²) in [5.74, 6) is -0.347. The maximum Gasteiger partial charge on any atom is 0.305 e. The quantitative estimate of drug-likeness (QED) is 0.763. The molecule has 1 rings (SSSR count). The summed E-state index contributed by atoms with van der Waals surface area (Å²) >= 11 is 0. The molecule has 0 saturated heterocycles. The van der Waals surface area contributed by atoms with Gasteiger partial charge in [-0.15, -0.1) is 5.10 Å². The number of hydrogen-bond donors (Lipinski definition) is 1. The fourth-order valence-corrected chi connectivity index (χ4v) is 1.23. The highest BCUT2D eigenvalue weighted by atomic mass is 16.5. The van der Waals surface area contributed by atoms with Gasteiger partial charge >= 0.3 is 5.97 Å². The number of carboxylic acids is 1. The Morgan fingerprint density at radius 3 is 2.80 bits per heavy atom. The zero-order chi connectivity index (χ0) is 11.4. The van der Waals surface area contributed by atoms with Crippen molar-refractivity contribution in [3.8, 4) is 0 Å². The summed E-state index contributed by atoms with van der Waals surface area (Å²) in [7, 11) is 1.55. The van der Waals surface area contributed by atoms with Crippen molar-refractivity contribution in [1.82, 2.24) is 20.2 Å². The van der Waals surface area contributed by atoms with Crippen LogP contribution in [-0.4, -0.2) is 38.4 Å². The van der Waals surface area contributed by atoms with Crippen LogP contribution in [0.2, 0.25) is 0 Å². The lowest BCUT2D eigenvalue weighted by Gasteiger charge is -2.13. The Labute approximate surface area is 87.0 Å². The Hall–Kier alpha value is -1.50. The molecule has 2 unspecified atom stereocenters. The van der Waals surface area contributed by atoms with E-state index in [4.69, 9.17) is 9.84 Å². The summed E-state index contributed by atoms with van der Waals surface area (Å²) in [6.45, 7) is 3.55. The van der Waals surface area contributed by atoms with Gasteiger partial charge in [0.1, 0.15) is 6.10 Å². The van der Waals surface area contributed by atoms with Crippen molar-refractivity contribution >= 4 is 5.97 Å². The summed E-state index contributed by atoms with van der Waals surface area (Å²) in [5.41, 5.74) is 0. The van der Waals surface area contributed by atoms with Crippen LogP contribution < -0.4 is 0 Å². The van der Waals surface area contributed by atoms with Crippen molar-refractivity contribution in [1.29, 1.82) is 0 Å². The topological polar surface area (TPSA) is 90.1 Å². The van der Waals surface area contributed by atoms with Gasteiger partial charge in [-0.05, 0) is 24.3 Å². The van der Waals surface area contributed by atoms with E-state index >= 15 is 0 Å². The lowest BCUT2D eigenvalue weighted by molar-refractivity contribution is -0.137. The molecule has 0 saturated carbocycles. The molecular weight excluding hydrogens is 200 g/mol. The highest BCUT2D eigenvalue weighted by Crippen LogP contribution is 2.17. The van der Waals surface area contributed by atoms with Crippen molar-refractivity contribution < 1.29 is 14.6 Å². The van der Waals surface area contributed by atoms with Crippen LogP contribution in [0.3, 0.4) is 0 Å². The predicted molar refractivity (Wildman–Crippen MR) is 50.2 cm³/mol. The first-order valence-electron chi connectivity index (χ1n) is 4.58. The van der Waals surface area contributed by atoms with E-state index in [1.807, 2.05) is 0 Å². The van der Waals surface area contributed by atoms with Gasteiger partial charge in [-0.1, -0.05) is 0 Å². The summed E-state index contributed by atoms with van der Waals surface area (Å²) in [6.07, 6.45) is -0.273. The molecule has 1 N–H and O–H groups in total. The van der Waals surface area contributed by atoms with Crippen LogP contribution in [0.5, 0.6) is 0 Å². The van der Waals surface area contributed by atoms with Gasteiger partial charge in [-0.2, -0.15) is 0 Å². The zero-order valence-electron chi connectivity index (χ0n) is 8.91. The minimum absolute atomic E-state index is 0.0194. The second kappa shape index (κ2) is 4.83. The smallest absolute Gasteiger partial charge is 0.305 e. The van der Waals surface area contributed by atoms with Gasteiger partial charge in [0.25, 0.3) is 0 Å². The molecule has 0 aliphatic heterocycles. The first kappa shape index (κ1) is 11.6. The molecule has 0 aromatic carbocycles. The van der Waals surface area contributed by atoms with Gasteiger partial charge in [0.05, 0.1) is 12.5 Å². The van der Waals surface area contributed by atoms with Crippen molar-refractivity contribution in [3.05, 3.63) is 5.82 Å². The number of aromatic nitrogens is 4. The van der Waals surface area contributed by atoms with Crippen LogP contribution in [-0.2, 0) is 9.53 Å². The van der Waals surface area contributed by atoms with E-state index in [-0.39, 0.29) is 18.6 Å². The number of tetrazole rings is 1. The lowest BCUT2D eigenvalue weighted by atomic mass is 10.2. The molecule has 84 valence electrons. The molecule has 0 radical (unpaired) electrons. The number of carbonyl (C=O) groups is 1. The Morgan fingerprint density at radius 1 is 1.60 bits per heavy atom. The highest BCUT2D eigenvalue weighted by Gasteiger charge is 2.19. The maximum absolute atomic E-state index is 10.5. The van der Waals surface area contributed by atoms with E-state index < -0.39 is 5.97 Å². The molecule has 1 heterocycles. The first-order chi connectivity index (χ1) is 7.06. The number of nitrogens with zero attached hydrogens (tertiary/aromatic N) is 4. The molecule has 0 aliphatic rings. The van der Waals surface area contributed by atoms with Crippen molar-refractivity contribution in [2.45, 2.75) is 32.4 Å². The summed E-state index contributed by atoms with van der Waals surface area (Å²) in [4.78, 5) is 10.5. The monoisotopic (exact) mass is 214 g/mol. The molecule has 7 nitrogen and oxygen atoms in total. The predicted octanol–water partition coefficient (Wildman–Crippen LogP) is 0.416. The number of aliphatic carboxylic acids is 1. The minimum Gasteiger partial charge on any atom is -0.481 e. The maximum atomic E-state index is 10.5. The number of ether oxygens (including phenoxy) is 1. The van der Waals surface area contributed by atoms with Gasteiger partial charge in [0.2, 0.25) is 0 Å². The van der Waals surface area contributed by atoms with Crippen molar-refractivity contribution in [2.75, 3.05) is 7.11 Å².